The van der Waals surface area contributed by atoms with Crippen molar-refractivity contribution in [3.05, 3.63) is 24.3 Å². The van der Waals surface area contributed by atoms with Crippen LogP contribution < -0.4 is 4.74 Å². The molecule has 0 aromatic heterocycles. The van der Waals surface area contributed by atoms with Gasteiger partial charge in [-0.2, -0.15) is 4.31 Å². The summed E-state index contributed by atoms with van der Waals surface area (Å²) in [6.07, 6.45) is -2.62. The molecule has 1 amide bonds. The first-order valence-electron chi connectivity index (χ1n) is 12.3. The summed E-state index contributed by atoms with van der Waals surface area (Å²) < 4.78 is 74.5. The second kappa shape index (κ2) is 12.1. The van der Waals surface area contributed by atoms with Crippen LogP contribution in [0, 0.1) is 5.92 Å². The molecule has 1 saturated carbocycles. The van der Waals surface area contributed by atoms with Crippen LogP contribution in [0.15, 0.2) is 29.2 Å². The van der Waals surface area contributed by atoms with Gasteiger partial charge in [-0.1, -0.05) is 0 Å². The number of carbonyl (C=O) groups excluding carboxylic acids is 1. The summed E-state index contributed by atoms with van der Waals surface area (Å²) in [6, 6.07) is 4.33. The molecule has 1 aliphatic carbocycles. The molecule has 0 atom stereocenters. The van der Waals surface area contributed by atoms with Crippen LogP contribution in [-0.4, -0.2) is 93.3 Å². The maximum atomic E-state index is 13.4. The molecule has 8 nitrogen and oxygen atoms in total. The van der Waals surface area contributed by atoms with Gasteiger partial charge < -0.3 is 14.4 Å². The molecular formula is C24H36F3N3O5S. The second-order valence-corrected chi connectivity index (χ2v) is 11.5. The third-order valence-corrected chi connectivity index (χ3v) is 8.96. The number of rotatable bonds is 9. The minimum atomic E-state index is -4.86. The summed E-state index contributed by atoms with van der Waals surface area (Å²) in [7, 11) is -2.52. The SMILES string of the molecule is COCCN(C1CCC(C(=O)N2CCN(C(C)C)CC2)CC1)S(=O)(=O)c1ccc(OC(F)(F)F)cc1. The number of hydrogen-bond acceptors (Lipinski definition) is 6. The van der Waals surface area contributed by atoms with E-state index in [9.17, 15) is 26.4 Å². The van der Waals surface area contributed by atoms with Crippen molar-refractivity contribution in [1.82, 2.24) is 14.1 Å². The van der Waals surface area contributed by atoms with Crippen LogP contribution >= 0.6 is 0 Å². The lowest BCUT2D eigenvalue weighted by Crippen LogP contribution is -2.52. The monoisotopic (exact) mass is 535 g/mol. The number of piperazine rings is 1. The van der Waals surface area contributed by atoms with Crippen molar-refractivity contribution >= 4 is 15.9 Å². The Labute approximate surface area is 211 Å². The zero-order valence-corrected chi connectivity index (χ0v) is 21.9. The van der Waals surface area contributed by atoms with Gasteiger partial charge in [0.15, 0.2) is 0 Å². The predicted molar refractivity (Wildman–Crippen MR) is 128 cm³/mol. The number of benzene rings is 1. The number of hydrogen-bond donors (Lipinski definition) is 0. The third kappa shape index (κ3) is 7.33. The van der Waals surface area contributed by atoms with Crippen LogP contribution in [0.25, 0.3) is 0 Å². The zero-order valence-electron chi connectivity index (χ0n) is 21.0. The van der Waals surface area contributed by atoms with E-state index < -0.39 is 22.1 Å². The molecule has 0 unspecified atom stereocenters. The van der Waals surface area contributed by atoms with Crippen molar-refractivity contribution in [3.63, 3.8) is 0 Å². The zero-order chi connectivity index (χ0) is 26.5. The van der Waals surface area contributed by atoms with Crippen LogP contribution in [-0.2, 0) is 19.6 Å². The van der Waals surface area contributed by atoms with E-state index in [1.54, 1.807) is 0 Å². The first-order valence-corrected chi connectivity index (χ1v) is 13.8. The van der Waals surface area contributed by atoms with Gasteiger partial charge in [-0.05, 0) is 63.8 Å². The van der Waals surface area contributed by atoms with E-state index in [1.807, 2.05) is 4.90 Å². The van der Waals surface area contributed by atoms with Crippen molar-refractivity contribution in [1.29, 1.82) is 0 Å². The number of nitrogens with zero attached hydrogens (tertiary/aromatic N) is 3. The summed E-state index contributed by atoms with van der Waals surface area (Å²) in [5.74, 6) is -0.473. The van der Waals surface area contributed by atoms with Gasteiger partial charge in [-0.3, -0.25) is 9.69 Å². The van der Waals surface area contributed by atoms with Crippen LogP contribution in [0.2, 0.25) is 0 Å². The number of sulfonamides is 1. The molecule has 0 bridgehead atoms. The van der Waals surface area contributed by atoms with E-state index in [0.717, 1.165) is 37.4 Å². The van der Waals surface area contributed by atoms with E-state index in [2.05, 4.69) is 23.5 Å². The number of carbonyl (C=O) groups is 1. The molecule has 0 N–H and O–H groups in total. The molecule has 1 heterocycles. The molecule has 1 aromatic rings. The number of alkyl halides is 3. The van der Waals surface area contributed by atoms with E-state index in [-0.39, 0.29) is 35.9 Å². The van der Waals surface area contributed by atoms with Gasteiger partial charge in [0, 0.05) is 57.8 Å². The number of amides is 1. The average Bonchev–Trinajstić information content (AvgIpc) is 2.83. The molecule has 0 spiro atoms. The second-order valence-electron chi connectivity index (χ2n) is 9.59. The Hall–Kier alpha value is -1.89. The Morgan fingerprint density at radius 1 is 1.06 bits per heavy atom. The van der Waals surface area contributed by atoms with Crippen LogP contribution in [0.5, 0.6) is 5.75 Å². The fourth-order valence-electron chi connectivity index (χ4n) is 4.96. The molecule has 2 aliphatic rings. The van der Waals surface area contributed by atoms with Gasteiger partial charge in [0.2, 0.25) is 15.9 Å². The summed E-state index contributed by atoms with van der Waals surface area (Å²) in [5.41, 5.74) is 0. The van der Waals surface area contributed by atoms with Crippen LogP contribution in [0.1, 0.15) is 39.5 Å². The highest BCUT2D eigenvalue weighted by atomic mass is 32.2. The Balaban J connectivity index is 1.64. The van der Waals surface area contributed by atoms with Crippen molar-refractivity contribution in [3.8, 4) is 5.75 Å². The summed E-state index contributed by atoms with van der Waals surface area (Å²) in [5, 5.41) is 0. The highest BCUT2D eigenvalue weighted by Crippen LogP contribution is 2.33. The normalized spacial score (nSPS) is 22.3. The number of methoxy groups -OCH3 is 1. The van der Waals surface area contributed by atoms with Crippen molar-refractivity contribution in [2.45, 2.75) is 62.9 Å². The first-order chi connectivity index (χ1) is 16.9. The fourth-order valence-corrected chi connectivity index (χ4v) is 6.63. The molecular weight excluding hydrogens is 499 g/mol. The Bertz CT molecular complexity index is 956. The molecule has 2 fully saturated rings. The lowest BCUT2D eigenvalue weighted by molar-refractivity contribution is -0.274. The molecule has 36 heavy (non-hydrogen) atoms. The van der Waals surface area contributed by atoms with Gasteiger partial charge >= 0.3 is 6.36 Å². The Morgan fingerprint density at radius 2 is 1.64 bits per heavy atom. The van der Waals surface area contributed by atoms with Crippen molar-refractivity contribution in [2.75, 3.05) is 46.4 Å². The highest BCUT2D eigenvalue weighted by molar-refractivity contribution is 7.89. The average molecular weight is 536 g/mol. The molecule has 0 radical (unpaired) electrons. The maximum absolute atomic E-state index is 13.4. The molecule has 12 heteroatoms. The minimum absolute atomic E-state index is 0.111. The van der Waals surface area contributed by atoms with Crippen LogP contribution in [0.3, 0.4) is 0 Å². The van der Waals surface area contributed by atoms with Crippen LogP contribution in [0.4, 0.5) is 13.2 Å². The molecule has 204 valence electrons. The van der Waals surface area contributed by atoms with Gasteiger partial charge in [-0.25, -0.2) is 8.42 Å². The van der Waals surface area contributed by atoms with E-state index in [4.69, 9.17) is 4.74 Å². The van der Waals surface area contributed by atoms with Gasteiger partial charge in [0.25, 0.3) is 0 Å². The highest BCUT2D eigenvalue weighted by Gasteiger charge is 2.37. The molecule has 3 rings (SSSR count). The first kappa shape index (κ1) is 28.7. The topological polar surface area (TPSA) is 79.4 Å². The lowest BCUT2D eigenvalue weighted by Gasteiger charge is -2.40. The quantitative estimate of drug-likeness (QED) is 0.483. The third-order valence-electron chi connectivity index (χ3n) is 6.99. The minimum Gasteiger partial charge on any atom is -0.406 e. The smallest absolute Gasteiger partial charge is 0.406 e. The number of halogens is 3. The lowest BCUT2D eigenvalue weighted by atomic mass is 9.85. The standard InChI is InChI=1S/C24H36F3N3O5S/c1-18(2)28-12-14-29(15-13-28)23(31)19-4-6-20(7-5-19)30(16-17-34-3)36(32,33)22-10-8-21(9-11-22)35-24(25,26)27/h8-11,18-20H,4-7,12-17H2,1-3H3. The fraction of sp³-hybridized carbons (Fsp3) is 0.708. The van der Waals surface area contributed by atoms with Gasteiger partial charge in [0.1, 0.15) is 5.75 Å². The molecule has 1 aliphatic heterocycles. The largest absolute Gasteiger partial charge is 0.573 e. The molecule has 1 aromatic carbocycles. The summed E-state index contributed by atoms with van der Waals surface area (Å²) in [6.45, 7) is 7.70. The van der Waals surface area contributed by atoms with E-state index in [1.165, 1.54) is 11.4 Å². The predicted octanol–water partition coefficient (Wildman–Crippen LogP) is 3.33. The Kier molecular flexibility index (Phi) is 9.64. The maximum Gasteiger partial charge on any atom is 0.573 e. The number of ether oxygens (including phenoxy) is 2. The van der Waals surface area contributed by atoms with Gasteiger partial charge in [0.05, 0.1) is 11.5 Å². The van der Waals surface area contributed by atoms with E-state index >= 15 is 0 Å². The summed E-state index contributed by atoms with van der Waals surface area (Å²) >= 11 is 0. The van der Waals surface area contributed by atoms with E-state index in [0.29, 0.717) is 44.8 Å². The van der Waals surface area contributed by atoms with Crippen molar-refractivity contribution < 1.29 is 35.9 Å². The summed E-state index contributed by atoms with van der Waals surface area (Å²) in [4.78, 5) is 17.2. The van der Waals surface area contributed by atoms with Crippen molar-refractivity contribution in [2.24, 2.45) is 5.92 Å². The molecule has 1 saturated heterocycles. The van der Waals surface area contributed by atoms with Gasteiger partial charge in [-0.15, -0.1) is 13.2 Å². The Morgan fingerprint density at radius 3 is 2.14 bits per heavy atom.